The monoisotopic (exact) mass is 395 g/mol. The van der Waals surface area contributed by atoms with Gasteiger partial charge in [-0.25, -0.2) is 9.78 Å². The van der Waals surface area contributed by atoms with Gasteiger partial charge >= 0.3 is 6.09 Å². The van der Waals surface area contributed by atoms with E-state index < -0.39 is 17.7 Å². The molecule has 0 radical (unpaired) electrons. The predicted molar refractivity (Wildman–Crippen MR) is 93.6 cm³/mol. The number of hydrogen-bond donors (Lipinski definition) is 1. The Bertz CT molecular complexity index is 667. The molecule has 0 unspecified atom stereocenters. The first kappa shape index (κ1) is 17.2. The normalized spacial score (nSPS) is 21.7. The van der Waals surface area contributed by atoms with Crippen LogP contribution in [0.2, 0.25) is 0 Å². The molecule has 130 valence electrons. The van der Waals surface area contributed by atoms with E-state index in [9.17, 15) is 9.59 Å². The average Bonchev–Trinajstić information content (AvgIpc) is 3.07. The minimum atomic E-state index is -0.580. The summed E-state index contributed by atoms with van der Waals surface area (Å²) >= 11 is 3.28. The van der Waals surface area contributed by atoms with E-state index in [1.807, 2.05) is 20.8 Å². The van der Waals surface area contributed by atoms with Gasteiger partial charge in [0.25, 0.3) is 0 Å². The van der Waals surface area contributed by atoms with Crippen LogP contribution in [0.3, 0.4) is 0 Å². The van der Waals surface area contributed by atoms with E-state index in [0.717, 1.165) is 12.8 Å². The van der Waals surface area contributed by atoms with E-state index >= 15 is 0 Å². The van der Waals surface area contributed by atoms with Gasteiger partial charge < -0.3 is 10.1 Å². The van der Waals surface area contributed by atoms with Crippen molar-refractivity contribution in [3.63, 3.8) is 0 Å². The minimum Gasteiger partial charge on any atom is -0.444 e. The standard InChI is InChI=1S/C17H22BrN3O3/c1-16(2,3)24-15(23)21-10-17(7-8-17)9-11(21)14(22)20-13-6-4-5-12(18)19-13/h4-6,11H,7-10H2,1-3H3,(H,19,20,22)/t11-/m0/s1. The number of ether oxygens (including phenoxy) is 1. The van der Waals surface area contributed by atoms with Crippen molar-refractivity contribution in [1.82, 2.24) is 9.88 Å². The van der Waals surface area contributed by atoms with Gasteiger partial charge in [0.1, 0.15) is 22.1 Å². The van der Waals surface area contributed by atoms with Gasteiger partial charge in [-0.05, 0) is 73.5 Å². The molecule has 2 heterocycles. The number of hydrogen-bond acceptors (Lipinski definition) is 4. The molecule has 6 nitrogen and oxygen atoms in total. The Morgan fingerprint density at radius 3 is 2.67 bits per heavy atom. The molecule has 3 rings (SSSR count). The van der Waals surface area contributed by atoms with Gasteiger partial charge in [0, 0.05) is 6.54 Å². The maximum Gasteiger partial charge on any atom is 0.410 e. The van der Waals surface area contributed by atoms with Crippen molar-refractivity contribution in [2.24, 2.45) is 5.41 Å². The van der Waals surface area contributed by atoms with Crippen molar-refractivity contribution in [3.8, 4) is 0 Å². The maximum absolute atomic E-state index is 12.7. The largest absolute Gasteiger partial charge is 0.444 e. The number of nitrogens with zero attached hydrogens (tertiary/aromatic N) is 2. The van der Waals surface area contributed by atoms with Crippen LogP contribution in [0.1, 0.15) is 40.0 Å². The van der Waals surface area contributed by atoms with Crippen molar-refractivity contribution >= 4 is 33.7 Å². The summed E-state index contributed by atoms with van der Waals surface area (Å²) in [6.45, 7) is 6.07. The molecule has 24 heavy (non-hydrogen) atoms. The molecule has 1 aliphatic heterocycles. The third-order valence-corrected chi connectivity index (χ3v) is 4.80. The Morgan fingerprint density at radius 1 is 1.38 bits per heavy atom. The number of carbonyl (C=O) groups is 2. The molecule has 2 amide bonds. The second-order valence-corrected chi connectivity index (χ2v) is 8.48. The number of nitrogens with one attached hydrogen (secondary N) is 1. The average molecular weight is 396 g/mol. The van der Waals surface area contributed by atoms with Gasteiger partial charge in [-0.3, -0.25) is 9.69 Å². The third kappa shape index (κ3) is 3.88. The number of anilines is 1. The lowest BCUT2D eigenvalue weighted by atomic mass is 10.0. The summed E-state index contributed by atoms with van der Waals surface area (Å²) in [5, 5.41) is 2.81. The van der Waals surface area contributed by atoms with Gasteiger partial charge in [-0.15, -0.1) is 0 Å². The Labute approximate surface area is 150 Å². The Hall–Kier alpha value is -1.63. The highest BCUT2D eigenvalue weighted by atomic mass is 79.9. The lowest BCUT2D eigenvalue weighted by Crippen LogP contribution is -2.45. The van der Waals surface area contributed by atoms with Crippen LogP contribution in [0.4, 0.5) is 10.6 Å². The molecule has 1 atom stereocenters. The number of carbonyl (C=O) groups excluding carboxylic acids is 2. The number of aromatic nitrogens is 1. The van der Waals surface area contributed by atoms with Gasteiger partial charge in [0.15, 0.2) is 0 Å². The second kappa shape index (κ2) is 6.02. The first-order valence-electron chi connectivity index (χ1n) is 8.11. The Kier molecular flexibility index (Phi) is 4.32. The zero-order chi connectivity index (χ0) is 17.5. The zero-order valence-corrected chi connectivity index (χ0v) is 15.7. The van der Waals surface area contributed by atoms with Crippen molar-refractivity contribution in [3.05, 3.63) is 22.8 Å². The Balaban J connectivity index is 1.73. The molecule has 1 saturated heterocycles. The summed E-state index contributed by atoms with van der Waals surface area (Å²) in [6, 6.07) is 4.80. The molecule has 1 aromatic rings. The predicted octanol–water partition coefficient (Wildman–Crippen LogP) is 3.57. The number of likely N-dealkylation sites (tertiary alicyclic amines) is 1. The summed E-state index contributed by atoms with van der Waals surface area (Å²) < 4.78 is 6.12. The molecule has 1 aromatic heterocycles. The summed E-state index contributed by atoms with van der Waals surface area (Å²) in [4.78, 5) is 31.0. The molecule has 7 heteroatoms. The number of halogens is 1. The summed E-state index contributed by atoms with van der Waals surface area (Å²) in [5.74, 6) is 0.255. The lowest BCUT2D eigenvalue weighted by molar-refractivity contribution is -0.120. The topological polar surface area (TPSA) is 71.5 Å². The van der Waals surface area contributed by atoms with Crippen LogP contribution in [0.25, 0.3) is 0 Å². The van der Waals surface area contributed by atoms with Crippen molar-refractivity contribution in [2.45, 2.75) is 51.7 Å². The zero-order valence-electron chi connectivity index (χ0n) is 14.1. The van der Waals surface area contributed by atoms with Crippen LogP contribution in [0.5, 0.6) is 0 Å². The highest BCUT2D eigenvalue weighted by molar-refractivity contribution is 9.10. The third-order valence-electron chi connectivity index (χ3n) is 4.36. The number of pyridine rings is 1. The smallest absolute Gasteiger partial charge is 0.410 e. The molecule has 1 N–H and O–H groups in total. The van der Waals surface area contributed by atoms with Crippen LogP contribution >= 0.6 is 15.9 Å². The fraction of sp³-hybridized carbons (Fsp3) is 0.588. The van der Waals surface area contributed by atoms with E-state index in [-0.39, 0.29) is 11.3 Å². The number of amides is 2. The summed E-state index contributed by atoms with van der Waals surface area (Å²) in [7, 11) is 0. The van der Waals surface area contributed by atoms with Gasteiger partial charge in [-0.1, -0.05) is 6.07 Å². The molecule has 1 spiro atoms. The van der Waals surface area contributed by atoms with E-state index in [0.29, 0.717) is 23.4 Å². The van der Waals surface area contributed by atoms with E-state index in [1.165, 1.54) is 0 Å². The van der Waals surface area contributed by atoms with Crippen molar-refractivity contribution in [1.29, 1.82) is 0 Å². The molecule has 1 saturated carbocycles. The van der Waals surface area contributed by atoms with Crippen LogP contribution in [-0.2, 0) is 9.53 Å². The highest BCUT2D eigenvalue weighted by Crippen LogP contribution is 2.55. The highest BCUT2D eigenvalue weighted by Gasteiger charge is 2.56. The van der Waals surface area contributed by atoms with Crippen LogP contribution in [-0.4, -0.2) is 40.1 Å². The molecule has 0 bridgehead atoms. The van der Waals surface area contributed by atoms with Crippen LogP contribution in [0.15, 0.2) is 22.8 Å². The first-order chi connectivity index (χ1) is 11.2. The molecule has 1 aliphatic carbocycles. The van der Waals surface area contributed by atoms with Crippen molar-refractivity contribution in [2.75, 3.05) is 11.9 Å². The van der Waals surface area contributed by atoms with Crippen LogP contribution in [0, 0.1) is 5.41 Å². The number of rotatable bonds is 2. The Morgan fingerprint density at radius 2 is 2.08 bits per heavy atom. The van der Waals surface area contributed by atoms with Gasteiger partial charge in [0.2, 0.25) is 5.91 Å². The fourth-order valence-electron chi connectivity index (χ4n) is 3.03. The van der Waals surface area contributed by atoms with Crippen LogP contribution < -0.4 is 5.32 Å². The maximum atomic E-state index is 12.7. The molecular formula is C17H22BrN3O3. The van der Waals surface area contributed by atoms with E-state index in [1.54, 1.807) is 23.1 Å². The lowest BCUT2D eigenvalue weighted by Gasteiger charge is -2.28. The summed E-state index contributed by atoms with van der Waals surface area (Å²) in [6.07, 6.45) is 2.39. The quantitative estimate of drug-likeness (QED) is 0.776. The minimum absolute atomic E-state index is 0.101. The molecule has 2 fully saturated rings. The van der Waals surface area contributed by atoms with Gasteiger partial charge in [-0.2, -0.15) is 0 Å². The second-order valence-electron chi connectivity index (χ2n) is 7.66. The molecule has 2 aliphatic rings. The van der Waals surface area contributed by atoms with E-state index in [4.69, 9.17) is 4.74 Å². The fourth-order valence-corrected chi connectivity index (χ4v) is 3.37. The van der Waals surface area contributed by atoms with E-state index in [2.05, 4.69) is 26.2 Å². The molecule has 0 aromatic carbocycles. The van der Waals surface area contributed by atoms with Gasteiger partial charge in [0.05, 0.1) is 0 Å². The SMILES string of the molecule is CC(C)(C)OC(=O)N1CC2(CC2)C[C@H]1C(=O)Nc1cccc(Br)n1. The first-order valence-corrected chi connectivity index (χ1v) is 8.90. The molecular weight excluding hydrogens is 374 g/mol. The summed E-state index contributed by atoms with van der Waals surface area (Å²) in [5.41, 5.74) is -0.479. The van der Waals surface area contributed by atoms with Crippen molar-refractivity contribution < 1.29 is 14.3 Å².